The van der Waals surface area contributed by atoms with E-state index in [1.807, 2.05) is 31.2 Å². The minimum absolute atomic E-state index is 0.566. The fraction of sp³-hybridized carbons (Fsp3) is 0.143. The number of hydrogen-bond donors (Lipinski definition) is 0. The normalized spacial score (nSPS) is 10.7. The summed E-state index contributed by atoms with van der Waals surface area (Å²) in [4.78, 5) is 0. The average molecular weight is 320 g/mol. The van der Waals surface area contributed by atoms with Crippen molar-refractivity contribution in [2.45, 2.75) is 13.3 Å². The van der Waals surface area contributed by atoms with E-state index < -0.39 is 0 Å². The number of aryl methyl sites for hydroxylation is 1. The third-order valence-electron chi connectivity index (χ3n) is 2.64. The minimum Gasteiger partial charge on any atom is -0.0843 e. The molecule has 0 spiro atoms. The summed E-state index contributed by atoms with van der Waals surface area (Å²) in [7, 11) is 0. The molecule has 0 heterocycles. The minimum atomic E-state index is 0.566. The molecule has 0 aliphatic carbocycles. The Bertz CT molecular complexity index is 591. The maximum Gasteiger partial charge on any atom is 0.0627 e. The van der Waals surface area contributed by atoms with Crippen molar-refractivity contribution in [2.75, 3.05) is 0 Å². The number of benzene rings is 2. The van der Waals surface area contributed by atoms with Gasteiger partial charge in [-0.15, -0.1) is 0 Å². The molecule has 0 aliphatic rings. The van der Waals surface area contributed by atoms with E-state index in [1.54, 1.807) is 6.07 Å². The van der Waals surface area contributed by atoms with Crippen molar-refractivity contribution in [3.63, 3.8) is 0 Å². The molecule has 0 saturated carbocycles. The van der Waals surface area contributed by atoms with E-state index in [-0.39, 0.29) is 0 Å². The zero-order valence-electron chi connectivity index (χ0n) is 9.61. The first-order valence-electron chi connectivity index (χ1n) is 5.36. The average Bonchev–Trinajstić information content (AvgIpc) is 2.29. The smallest absolute Gasteiger partial charge is 0.0627 e. The Morgan fingerprint density at radius 3 is 2.22 bits per heavy atom. The zero-order chi connectivity index (χ0) is 13.3. The molecule has 94 valence electrons. The summed E-state index contributed by atoms with van der Waals surface area (Å²) in [6.07, 6.45) is 0.635. The Hall–Kier alpha value is -0.400. The lowest BCUT2D eigenvalue weighted by molar-refractivity contribution is 1.18. The van der Waals surface area contributed by atoms with Crippen molar-refractivity contribution in [1.82, 2.24) is 0 Å². The second-order valence-electron chi connectivity index (χ2n) is 4.13. The van der Waals surface area contributed by atoms with Gasteiger partial charge in [-0.25, -0.2) is 0 Å². The zero-order valence-corrected chi connectivity index (χ0v) is 12.6. The lowest BCUT2D eigenvalue weighted by atomic mass is 10.0. The van der Waals surface area contributed by atoms with Gasteiger partial charge in [0.25, 0.3) is 0 Å². The topological polar surface area (TPSA) is 0 Å². The summed E-state index contributed by atoms with van der Waals surface area (Å²) in [6, 6.07) is 9.30. The molecule has 0 nitrogen and oxygen atoms in total. The van der Waals surface area contributed by atoms with Crippen LogP contribution in [0.1, 0.15) is 16.7 Å². The van der Waals surface area contributed by atoms with Crippen LogP contribution in [0.4, 0.5) is 0 Å². The lowest BCUT2D eigenvalue weighted by Gasteiger charge is -2.09. The lowest BCUT2D eigenvalue weighted by Crippen LogP contribution is -1.92. The number of hydrogen-bond acceptors (Lipinski definition) is 0. The molecule has 2 rings (SSSR count). The summed E-state index contributed by atoms with van der Waals surface area (Å²) >= 11 is 24.3. The third kappa shape index (κ3) is 3.13. The van der Waals surface area contributed by atoms with Crippen LogP contribution in [0, 0.1) is 6.92 Å². The second-order valence-corrected chi connectivity index (χ2v) is 5.76. The second kappa shape index (κ2) is 5.71. The summed E-state index contributed by atoms with van der Waals surface area (Å²) in [5.74, 6) is 0. The van der Waals surface area contributed by atoms with Gasteiger partial charge in [0.2, 0.25) is 0 Å². The van der Waals surface area contributed by atoms with Gasteiger partial charge in [-0.05, 0) is 41.8 Å². The molecule has 0 bridgehead atoms. The fourth-order valence-electron chi connectivity index (χ4n) is 1.80. The molecule has 4 heteroatoms. The van der Waals surface area contributed by atoms with Crippen LogP contribution in [-0.2, 0) is 6.42 Å². The van der Waals surface area contributed by atoms with Crippen LogP contribution in [0.15, 0.2) is 30.3 Å². The summed E-state index contributed by atoms with van der Waals surface area (Å²) in [5, 5.41) is 2.40. The summed E-state index contributed by atoms with van der Waals surface area (Å²) in [6.45, 7) is 1.98. The molecule has 0 fully saturated rings. The predicted molar refractivity (Wildman–Crippen MR) is 80.5 cm³/mol. The molecule has 0 atom stereocenters. The first kappa shape index (κ1) is 14.0. The van der Waals surface area contributed by atoms with E-state index in [9.17, 15) is 0 Å². The molecule has 0 unspecified atom stereocenters. The molecule has 0 radical (unpaired) electrons. The van der Waals surface area contributed by atoms with Gasteiger partial charge in [-0.3, -0.25) is 0 Å². The van der Waals surface area contributed by atoms with Crippen LogP contribution in [0.2, 0.25) is 20.1 Å². The molecule has 0 amide bonds. The molecular formula is C14H10Cl4. The van der Waals surface area contributed by atoms with Gasteiger partial charge >= 0.3 is 0 Å². The molecule has 2 aromatic carbocycles. The van der Waals surface area contributed by atoms with Gasteiger partial charge < -0.3 is 0 Å². The molecule has 2 aromatic rings. The van der Waals surface area contributed by atoms with E-state index in [2.05, 4.69) is 0 Å². The molecule has 0 N–H and O–H groups in total. The highest BCUT2D eigenvalue weighted by molar-refractivity contribution is 6.42. The van der Waals surface area contributed by atoms with Gasteiger partial charge in [-0.2, -0.15) is 0 Å². The maximum absolute atomic E-state index is 6.20. The molecule has 0 aliphatic heterocycles. The van der Waals surface area contributed by atoms with Gasteiger partial charge in [0.05, 0.1) is 10.0 Å². The standard InChI is InChI=1S/C14H10Cl4/c1-8-4-10(14(18)13(17)5-8)6-9-2-3-11(15)7-12(9)16/h2-5,7H,6H2,1H3. The summed E-state index contributed by atoms with van der Waals surface area (Å²) in [5.41, 5.74) is 3.01. The Kier molecular flexibility index (Phi) is 4.45. The largest absolute Gasteiger partial charge is 0.0843 e. The van der Waals surface area contributed by atoms with E-state index >= 15 is 0 Å². The van der Waals surface area contributed by atoms with Crippen LogP contribution in [0.5, 0.6) is 0 Å². The van der Waals surface area contributed by atoms with Gasteiger partial charge in [0, 0.05) is 16.5 Å². The first-order valence-corrected chi connectivity index (χ1v) is 6.87. The number of rotatable bonds is 2. The molecular weight excluding hydrogens is 310 g/mol. The quantitative estimate of drug-likeness (QED) is 0.618. The van der Waals surface area contributed by atoms with Gasteiger partial charge in [-0.1, -0.05) is 58.5 Å². The van der Waals surface area contributed by atoms with Crippen molar-refractivity contribution in [3.05, 3.63) is 67.1 Å². The highest BCUT2D eigenvalue weighted by Crippen LogP contribution is 2.31. The molecule has 18 heavy (non-hydrogen) atoms. The van der Waals surface area contributed by atoms with Crippen molar-refractivity contribution in [3.8, 4) is 0 Å². The highest BCUT2D eigenvalue weighted by atomic mass is 35.5. The van der Waals surface area contributed by atoms with Crippen molar-refractivity contribution in [1.29, 1.82) is 0 Å². The summed E-state index contributed by atoms with van der Waals surface area (Å²) < 4.78 is 0. The van der Waals surface area contributed by atoms with Crippen LogP contribution < -0.4 is 0 Å². The fourth-order valence-corrected chi connectivity index (χ4v) is 2.74. The van der Waals surface area contributed by atoms with E-state index in [4.69, 9.17) is 46.4 Å². The van der Waals surface area contributed by atoms with Crippen molar-refractivity contribution < 1.29 is 0 Å². The predicted octanol–water partition coefficient (Wildman–Crippen LogP) is 6.20. The SMILES string of the molecule is Cc1cc(Cl)c(Cl)c(Cc2ccc(Cl)cc2Cl)c1. The van der Waals surface area contributed by atoms with Crippen LogP contribution in [0.3, 0.4) is 0 Å². The third-order valence-corrected chi connectivity index (χ3v) is 4.07. The Morgan fingerprint density at radius 1 is 0.833 bits per heavy atom. The van der Waals surface area contributed by atoms with Crippen LogP contribution in [0.25, 0.3) is 0 Å². The Balaban J connectivity index is 2.40. The van der Waals surface area contributed by atoms with Gasteiger partial charge in [0.15, 0.2) is 0 Å². The van der Waals surface area contributed by atoms with Crippen LogP contribution >= 0.6 is 46.4 Å². The maximum atomic E-state index is 6.20. The first-order chi connectivity index (χ1) is 8.47. The van der Waals surface area contributed by atoms with Crippen molar-refractivity contribution >= 4 is 46.4 Å². The van der Waals surface area contributed by atoms with Crippen molar-refractivity contribution in [2.24, 2.45) is 0 Å². The number of halogens is 4. The molecule has 0 aromatic heterocycles. The van der Waals surface area contributed by atoms with E-state index in [0.29, 0.717) is 26.5 Å². The highest BCUT2D eigenvalue weighted by Gasteiger charge is 2.09. The van der Waals surface area contributed by atoms with E-state index in [0.717, 1.165) is 16.7 Å². The Labute approximate surface area is 126 Å². The van der Waals surface area contributed by atoms with E-state index in [1.165, 1.54) is 0 Å². The van der Waals surface area contributed by atoms with Gasteiger partial charge in [0.1, 0.15) is 0 Å². The Morgan fingerprint density at radius 2 is 1.56 bits per heavy atom. The van der Waals surface area contributed by atoms with Crippen LogP contribution in [-0.4, -0.2) is 0 Å². The molecule has 0 saturated heterocycles. The monoisotopic (exact) mass is 318 g/mol.